The molecule has 1 amide bonds. The molecule has 1 rings (SSSR count). The lowest BCUT2D eigenvalue weighted by molar-refractivity contribution is 0.0757. The fourth-order valence-electron chi connectivity index (χ4n) is 1.19. The molecule has 0 saturated carbocycles. The Hall–Kier alpha value is -1.42. The van der Waals surface area contributed by atoms with Crippen LogP contribution in [0.1, 0.15) is 30.6 Å². The van der Waals surface area contributed by atoms with Gasteiger partial charge in [0.2, 0.25) is 0 Å². The van der Waals surface area contributed by atoms with E-state index in [9.17, 15) is 4.79 Å². The molecular weight excluding hydrogens is 204 g/mol. The number of hydrogen-bond donors (Lipinski definition) is 1. The van der Waals surface area contributed by atoms with Gasteiger partial charge in [-0.25, -0.2) is 0 Å². The first-order chi connectivity index (χ1) is 7.70. The fourth-order valence-corrected chi connectivity index (χ4v) is 1.19. The molecule has 0 atom stereocenters. The van der Waals surface area contributed by atoms with Crippen molar-refractivity contribution in [2.24, 2.45) is 0 Å². The molecule has 0 radical (unpaired) electrons. The number of rotatable bonds is 6. The number of aromatic nitrogens is 1. The van der Waals surface area contributed by atoms with Gasteiger partial charge in [-0.1, -0.05) is 0 Å². The number of carbonyl (C=O) groups is 1. The summed E-state index contributed by atoms with van der Waals surface area (Å²) in [6, 6.07) is 3.49. The van der Waals surface area contributed by atoms with E-state index < -0.39 is 0 Å². The second kappa shape index (κ2) is 6.95. The van der Waals surface area contributed by atoms with Crippen LogP contribution in [0.5, 0.6) is 0 Å². The average molecular weight is 222 g/mol. The third-order valence-corrected chi connectivity index (χ3v) is 1.98. The monoisotopic (exact) mass is 222 g/mol. The lowest BCUT2D eigenvalue weighted by atomic mass is 10.2. The largest absolute Gasteiger partial charge is 0.379 e. The maximum Gasteiger partial charge on any atom is 0.252 e. The van der Waals surface area contributed by atoms with Gasteiger partial charge in [-0.05, 0) is 32.4 Å². The normalized spacial score (nSPS) is 10.4. The SMILES string of the molecule is CC(C)OCCCNC(=O)c1cccnc1. The van der Waals surface area contributed by atoms with Gasteiger partial charge in [-0.2, -0.15) is 0 Å². The minimum absolute atomic E-state index is 0.0855. The molecule has 0 aliphatic carbocycles. The van der Waals surface area contributed by atoms with Gasteiger partial charge in [-0.15, -0.1) is 0 Å². The van der Waals surface area contributed by atoms with E-state index in [2.05, 4.69) is 10.3 Å². The predicted molar refractivity (Wildman–Crippen MR) is 62.3 cm³/mol. The molecule has 0 bridgehead atoms. The van der Waals surface area contributed by atoms with Crippen LogP contribution < -0.4 is 5.32 Å². The van der Waals surface area contributed by atoms with Crippen molar-refractivity contribution in [2.75, 3.05) is 13.2 Å². The summed E-state index contributed by atoms with van der Waals surface area (Å²) < 4.78 is 5.37. The average Bonchev–Trinajstić information content (AvgIpc) is 2.29. The molecule has 0 aliphatic heterocycles. The first kappa shape index (κ1) is 12.6. The molecule has 0 aliphatic rings. The first-order valence-corrected chi connectivity index (χ1v) is 5.50. The first-order valence-electron chi connectivity index (χ1n) is 5.50. The molecule has 0 aromatic carbocycles. The molecule has 0 saturated heterocycles. The Morgan fingerprint density at radius 2 is 2.38 bits per heavy atom. The lowest BCUT2D eigenvalue weighted by Gasteiger charge is -2.08. The summed E-state index contributed by atoms with van der Waals surface area (Å²) in [5.41, 5.74) is 0.590. The topological polar surface area (TPSA) is 51.2 Å². The summed E-state index contributed by atoms with van der Waals surface area (Å²) in [4.78, 5) is 15.4. The van der Waals surface area contributed by atoms with Crippen molar-refractivity contribution < 1.29 is 9.53 Å². The quantitative estimate of drug-likeness (QED) is 0.744. The van der Waals surface area contributed by atoms with Crippen LogP contribution in [0.4, 0.5) is 0 Å². The van der Waals surface area contributed by atoms with Crippen molar-refractivity contribution in [3.63, 3.8) is 0 Å². The number of hydrogen-bond acceptors (Lipinski definition) is 3. The lowest BCUT2D eigenvalue weighted by Crippen LogP contribution is -2.25. The minimum Gasteiger partial charge on any atom is -0.379 e. The van der Waals surface area contributed by atoms with E-state index in [1.54, 1.807) is 24.5 Å². The van der Waals surface area contributed by atoms with Crippen LogP contribution in [-0.4, -0.2) is 30.1 Å². The Balaban J connectivity index is 2.16. The highest BCUT2D eigenvalue weighted by Crippen LogP contribution is 1.95. The predicted octanol–water partition coefficient (Wildman–Crippen LogP) is 1.63. The van der Waals surface area contributed by atoms with Crippen molar-refractivity contribution >= 4 is 5.91 Å². The van der Waals surface area contributed by atoms with Crippen molar-refractivity contribution in [3.05, 3.63) is 30.1 Å². The van der Waals surface area contributed by atoms with Crippen LogP contribution in [0.3, 0.4) is 0 Å². The Morgan fingerprint density at radius 3 is 3.00 bits per heavy atom. The van der Waals surface area contributed by atoms with Gasteiger partial charge in [0.25, 0.3) is 5.91 Å². The standard InChI is InChI=1S/C12H18N2O2/c1-10(2)16-8-4-7-14-12(15)11-5-3-6-13-9-11/h3,5-6,9-10H,4,7-8H2,1-2H3,(H,14,15). The van der Waals surface area contributed by atoms with E-state index >= 15 is 0 Å². The zero-order valence-electron chi connectivity index (χ0n) is 9.77. The summed E-state index contributed by atoms with van der Waals surface area (Å²) in [6.07, 6.45) is 4.27. The van der Waals surface area contributed by atoms with Crippen LogP contribution in [-0.2, 0) is 4.74 Å². The van der Waals surface area contributed by atoms with Gasteiger partial charge < -0.3 is 10.1 Å². The van der Waals surface area contributed by atoms with Gasteiger partial charge >= 0.3 is 0 Å². The summed E-state index contributed by atoms with van der Waals surface area (Å²) in [7, 11) is 0. The molecule has 0 fully saturated rings. The minimum atomic E-state index is -0.0855. The van der Waals surface area contributed by atoms with Crippen LogP contribution in [0.2, 0.25) is 0 Å². The van der Waals surface area contributed by atoms with Crippen LogP contribution >= 0.6 is 0 Å². The van der Waals surface area contributed by atoms with E-state index in [-0.39, 0.29) is 12.0 Å². The van der Waals surface area contributed by atoms with Gasteiger partial charge in [-0.3, -0.25) is 9.78 Å². The molecule has 1 N–H and O–H groups in total. The zero-order valence-corrected chi connectivity index (χ0v) is 9.77. The number of pyridine rings is 1. The molecule has 4 heteroatoms. The zero-order chi connectivity index (χ0) is 11.8. The third-order valence-electron chi connectivity index (χ3n) is 1.98. The van der Waals surface area contributed by atoms with Crippen molar-refractivity contribution in [1.82, 2.24) is 10.3 Å². The van der Waals surface area contributed by atoms with Crippen molar-refractivity contribution in [2.45, 2.75) is 26.4 Å². The molecule has 88 valence electrons. The van der Waals surface area contributed by atoms with Gasteiger partial charge in [0, 0.05) is 25.5 Å². The second-order valence-corrected chi connectivity index (χ2v) is 3.77. The van der Waals surface area contributed by atoms with E-state index in [4.69, 9.17) is 4.74 Å². The Bertz CT molecular complexity index is 312. The number of ether oxygens (including phenoxy) is 1. The molecule has 0 unspecified atom stereocenters. The van der Waals surface area contributed by atoms with Crippen LogP contribution in [0.15, 0.2) is 24.5 Å². The Kier molecular flexibility index (Phi) is 5.50. The summed E-state index contributed by atoms with van der Waals surface area (Å²) >= 11 is 0. The highest BCUT2D eigenvalue weighted by atomic mass is 16.5. The van der Waals surface area contributed by atoms with Gasteiger partial charge in [0.15, 0.2) is 0 Å². The molecule has 1 heterocycles. The number of nitrogens with zero attached hydrogens (tertiary/aromatic N) is 1. The molecule has 4 nitrogen and oxygen atoms in total. The highest BCUT2D eigenvalue weighted by molar-refractivity contribution is 5.93. The van der Waals surface area contributed by atoms with E-state index in [0.717, 1.165) is 6.42 Å². The Labute approximate surface area is 96.0 Å². The van der Waals surface area contributed by atoms with Gasteiger partial charge in [0.05, 0.1) is 11.7 Å². The highest BCUT2D eigenvalue weighted by Gasteiger charge is 2.03. The molecule has 1 aromatic heterocycles. The van der Waals surface area contributed by atoms with Gasteiger partial charge in [0.1, 0.15) is 0 Å². The number of nitrogens with one attached hydrogen (secondary N) is 1. The fraction of sp³-hybridized carbons (Fsp3) is 0.500. The smallest absolute Gasteiger partial charge is 0.252 e. The third kappa shape index (κ3) is 4.89. The van der Waals surface area contributed by atoms with E-state index in [1.165, 1.54) is 0 Å². The molecule has 0 spiro atoms. The Morgan fingerprint density at radius 1 is 1.56 bits per heavy atom. The number of carbonyl (C=O) groups excluding carboxylic acids is 1. The van der Waals surface area contributed by atoms with E-state index in [1.807, 2.05) is 13.8 Å². The summed E-state index contributed by atoms with van der Waals surface area (Å²) in [5.74, 6) is -0.0855. The summed E-state index contributed by atoms with van der Waals surface area (Å²) in [5, 5.41) is 2.81. The molecule has 1 aromatic rings. The molecular formula is C12H18N2O2. The summed E-state index contributed by atoms with van der Waals surface area (Å²) in [6.45, 7) is 5.29. The number of amides is 1. The van der Waals surface area contributed by atoms with Crippen LogP contribution in [0.25, 0.3) is 0 Å². The maximum absolute atomic E-state index is 11.5. The van der Waals surface area contributed by atoms with E-state index in [0.29, 0.717) is 18.7 Å². The van der Waals surface area contributed by atoms with Crippen molar-refractivity contribution in [3.8, 4) is 0 Å². The molecule has 16 heavy (non-hydrogen) atoms. The van der Waals surface area contributed by atoms with Crippen molar-refractivity contribution in [1.29, 1.82) is 0 Å². The maximum atomic E-state index is 11.5. The van der Waals surface area contributed by atoms with Crippen LogP contribution in [0, 0.1) is 0 Å². The second-order valence-electron chi connectivity index (χ2n) is 3.77.